The van der Waals surface area contributed by atoms with Crippen molar-refractivity contribution >= 4 is 27.5 Å². The smallest absolute Gasteiger partial charge is 0.259 e. The SMILES string of the molecule is CO[C@@H]1[C@@H](n2cc(-c3ccc(C)c(F)c3F)nn2)[C@@H](O)[C@@H](CO)O[C@H]1C(=O)N(c1cc(C)cc(Br)c1)[C@@H]1CNC[C@H]1O. The molecule has 0 spiro atoms. The highest BCUT2D eigenvalue weighted by Gasteiger charge is 2.52. The summed E-state index contributed by atoms with van der Waals surface area (Å²) in [5.41, 5.74) is 1.35. The number of hydrogen-bond acceptors (Lipinski definition) is 9. The number of aromatic nitrogens is 3. The van der Waals surface area contributed by atoms with E-state index in [1.165, 1.54) is 41.9 Å². The van der Waals surface area contributed by atoms with E-state index in [4.69, 9.17) is 9.47 Å². The van der Waals surface area contributed by atoms with Gasteiger partial charge in [0.1, 0.15) is 30.0 Å². The second-order valence-corrected chi connectivity index (χ2v) is 11.5. The highest BCUT2D eigenvalue weighted by Crippen LogP contribution is 2.36. The zero-order chi connectivity index (χ0) is 30.3. The molecule has 0 aliphatic carbocycles. The number of rotatable bonds is 7. The maximum absolute atomic E-state index is 14.7. The molecule has 0 radical (unpaired) electrons. The van der Waals surface area contributed by atoms with Crippen molar-refractivity contribution in [2.45, 2.75) is 56.5 Å². The summed E-state index contributed by atoms with van der Waals surface area (Å²) in [6.45, 7) is 3.25. The summed E-state index contributed by atoms with van der Waals surface area (Å²) in [7, 11) is 1.33. The van der Waals surface area contributed by atoms with Crippen molar-refractivity contribution < 1.29 is 38.4 Å². The molecule has 11 nitrogen and oxygen atoms in total. The molecule has 3 heterocycles. The van der Waals surface area contributed by atoms with Crippen molar-refractivity contribution in [1.29, 1.82) is 0 Å². The molecule has 7 atom stereocenters. The minimum absolute atomic E-state index is 0.00485. The fraction of sp³-hybridized carbons (Fsp3) is 0.464. The highest BCUT2D eigenvalue weighted by molar-refractivity contribution is 9.10. The second kappa shape index (κ2) is 12.4. The van der Waals surface area contributed by atoms with Crippen molar-refractivity contribution in [1.82, 2.24) is 20.3 Å². The predicted octanol–water partition coefficient (Wildman–Crippen LogP) is 1.65. The van der Waals surface area contributed by atoms with Gasteiger partial charge in [0.25, 0.3) is 5.91 Å². The van der Waals surface area contributed by atoms with Crippen LogP contribution in [0, 0.1) is 25.5 Å². The Hall–Kier alpha value is -2.85. The zero-order valence-corrected chi connectivity index (χ0v) is 24.7. The number of carbonyl (C=O) groups is 1. The van der Waals surface area contributed by atoms with Crippen LogP contribution in [0.4, 0.5) is 14.5 Å². The number of nitrogens with zero attached hydrogens (tertiary/aromatic N) is 4. The van der Waals surface area contributed by atoms with E-state index in [9.17, 15) is 28.9 Å². The van der Waals surface area contributed by atoms with Crippen LogP contribution in [-0.2, 0) is 14.3 Å². The standard InChI is InChI=1S/C28H32BrF2N5O6/c1-13-6-15(29)8-16(7-13)36(19-9-32-10-20(19)38)28(40)27-26(41-3)24(25(39)21(12-37)42-27)35-11-18(33-34-35)17-5-4-14(2)22(30)23(17)31/h4-8,11,19-21,24-27,32,37-39H,9-10,12H2,1-3H3/t19-,20-,21-,24+,25+,26-,27-/m1/s1. The summed E-state index contributed by atoms with van der Waals surface area (Å²) in [6.07, 6.45) is -4.74. The Labute approximate surface area is 249 Å². The predicted molar refractivity (Wildman–Crippen MR) is 151 cm³/mol. The van der Waals surface area contributed by atoms with E-state index in [1.54, 1.807) is 12.1 Å². The van der Waals surface area contributed by atoms with Crippen LogP contribution >= 0.6 is 15.9 Å². The number of methoxy groups -OCH3 is 1. The normalized spacial score (nSPS) is 27.8. The minimum Gasteiger partial charge on any atom is -0.394 e. The monoisotopic (exact) mass is 651 g/mol. The Morgan fingerprint density at radius 3 is 2.62 bits per heavy atom. The first-order valence-electron chi connectivity index (χ1n) is 13.4. The molecule has 5 rings (SSSR count). The molecule has 2 aliphatic rings. The number of nitrogens with one attached hydrogen (secondary N) is 1. The largest absolute Gasteiger partial charge is 0.394 e. The third-order valence-corrected chi connectivity index (χ3v) is 8.23. The number of aliphatic hydroxyl groups is 3. The van der Waals surface area contributed by atoms with E-state index < -0.39 is 66.8 Å². The first kappa shape index (κ1) is 30.6. The lowest BCUT2D eigenvalue weighted by molar-refractivity contribution is -0.211. The van der Waals surface area contributed by atoms with Crippen LogP contribution in [0.2, 0.25) is 0 Å². The molecule has 226 valence electrons. The summed E-state index contributed by atoms with van der Waals surface area (Å²) < 4.78 is 42.6. The van der Waals surface area contributed by atoms with Gasteiger partial charge in [-0.25, -0.2) is 13.5 Å². The fourth-order valence-electron chi connectivity index (χ4n) is 5.64. The van der Waals surface area contributed by atoms with Crippen molar-refractivity contribution in [3.05, 3.63) is 63.8 Å². The lowest BCUT2D eigenvalue weighted by Crippen LogP contribution is -2.63. The van der Waals surface area contributed by atoms with Gasteiger partial charge in [0, 0.05) is 35.9 Å². The van der Waals surface area contributed by atoms with Gasteiger partial charge in [-0.1, -0.05) is 27.2 Å². The molecule has 42 heavy (non-hydrogen) atoms. The molecule has 2 aliphatic heterocycles. The van der Waals surface area contributed by atoms with Gasteiger partial charge in [-0.05, 0) is 49.2 Å². The molecule has 4 N–H and O–H groups in total. The molecule has 1 aromatic heterocycles. The fourth-order valence-corrected chi connectivity index (χ4v) is 6.23. The molecular weight excluding hydrogens is 620 g/mol. The first-order valence-corrected chi connectivity index (χ1v) is 14.2. The van der Waals surface area contributed by atoms with Gasteiger partial charge in [-0.3, -0.25) is 4.79 Å². The van der Waals surface area contributed by atoms with Gasteiger partial charge in [-0.2, -0.15) is 0 Å². The third kappa shape index (κ3) is 5.60. The summed E-state index contributed by atoms with van der Waals surface area (Å²) in [5.74, 6) is -2.68. The topological polar surface area (TPSA) is 142 Å². The summed E-state index contributed by atoms with van der Waals surface area (Å²) in [4.78, 5) is 15.8. The van der Waals surface area contributed by atoms with E-state index in [2.05, 4.69) is 31.6 Å². The van der Waals surface area contributed by atoms with Crippen molar-refractivity contribution in [2.24, 2.45) is 0 Å². The van der Waals surface area contributed by atoms with Gasteiger partial charge < -0.3 is 35.0 Å². The van der Waals surface area contributed by atoms with Crippen molar-refractivity contribution in [3.8, 4) is 11.3 Å². The van der Waals surface area contributed by atoms with E-state index >= 15 is 0 Å². The number of hydrogen-bond donors (Lipinski definition) is 4. The van der Waals surface area contributed by atoms with E-state index in [1.807, 2.05) is 13.0 Å². The molecule has 3 aromatic rings. The van der Waals surface area contributed by atoms with Crippen LogP contribution < -0.4 is 10.2 Å². The number of benzene rings is 2. The van der Waals surface area contributed by atoms with Crippen LogP contribution in [0.1, 0.15) is 17.2 Å². The third-order valence-electron chi connectivity index (χ3n) is 7.78. The summed E-state index contributed by atoms with van der Waals surface area (Å²) in [6, 6.07) is 6.44. The van der Waals surface area contributed by atoms with Crippen LogP contribution in [0.3, 0.4) is 0 Å². The quantitative estimate of drug-likeness (QED) is 0.300. The number of β-amino-alcohol motifs (C(OH)–C–C–N with tert-alkyl or cyclic N) is 1. The average Bonchev–Trinajstić information content (AvgIpc) is 3.60. The number of amides is 1. The van der Waals surface area contributed by atoms with Crippen LogP contribution in [0.15, 0.2) is 41.0 Å². The van der Waals surface area contributed by atoms with Crippen molar-refractivity contribution in [3.63, 3.8) is 0 Å². The molecule has 0 unspecified atom stereocenters. The Morgan fingerprint density at radius 1 is 1.21 bits per heavy atom. The molecule has 2 saturated heterocycles. The van der Waals surface area contributed by atoms with Crippen molar-refractivity contribution in [2.75, 3.05) is 31.7 Å². The van der Waals surface area contributed by atoms with Gasteiger partial charge in [0.2, 0.25) is 0 Å². The Bertz CT molecular complexity index is 1440. The first-order chi connectivity index (χ1) is 20.0. The number of halogens is 3. The highest BCUT2D eigenvalue weighted by atomic mass is 79.9. The molecule has 14 heteroatoms. The number of carbonyl (C=O) groups excluding carboxylic acids is 1. The molecule has 1 amide bonds. The lowest BCUT2D eigenvalue weighted by Gasteiger charge is -2.45. The Morgan fingerprint density at radius 2 is 1.98 bits per heavy atom. The van der Waals surface area contributed by atoms with E-state index in [0.29, 0.717) is 12.2 Å². The van der Waals surface area contributed by atoms with Gasteiger partial charge in [0.05, 0.1) is 24.9 Å². The molecule has 0 bridgehead atoms. The Balaban J connectivity index is 1.55. The molecule has 2 fully saturated rings. The lowest BCUT2D eigenvalue weighted by atomic mass is 9.91. The van der Waals surface area contributed by atoms with Gasteiger partial charge >= 0.3 is 0 Å². The number of ether oxygens (including phenoxy) is 2. The summed E-state index contributed by atoms with van der Waals surface area (Å²) in [5, 5.41) is 43.2. The number of aryl methyl sites for hydroxylation is 2. The second-order valence-electron chi connectivity index (χ2n) is 10.6. The Kier molecular flexibility index (Phi) is 9.04. The molecule has 2 aromatic carbocycles. The maximum Gasteiger partial charge on any atom is 0.259 e. The average molecular weight is 652 g/mol. The van der Waals surface area contributed by atoms with Gasteiger partial charge in [0.15, 0.2) is 17.7 Å². The van der Waals surface area contributed by atoms with E-state index in [-0.39, 0.29) is 23.4 Å². The number of anilines is 1. The summed E-state index contributed by atoms with van der Waals surface area (Å²) >= 11 is 3.47. The van der Waals surface area contributed by atoms with Crippen LogP contribution in [0.25, 0.3) is 11.3 Å². The zero-order valence-electron chi connectivity index (χ0n) is 23.1. The number of aliphatic hydroxyl groups excluding tert-OH is 3. The molecular formula is C28H32BrF2N5O6. The van der Waals surface area contributed by atoms with Crippen LogP contribution in [0.5, 0.6) is 0 Å². The maximum atomic E-state index is 14.7. The van der Waals surface area contributed by atoms with E-state index in [0.717, 1.165) is 10.0 Å². The molecule has 0 saturated carbocycles. The van der Waals surface area contributed by atoms with Gasteiger partial charge in [-0.15, -0.1) is 5.10 Å². The van der Waals surface area contributed by atoms with Crippen LogP contribution in [-0.4, -0.2) is 99.6 Å². The minimum atomic E-state index is -1.42.